The molecule has 1 aromatic heterocycles. The molecular weight excluding hydrogens is 224 g/mol. The molecule has 1 aromatic rings. The Balaban J connectivity index is 2.89. The summed E-state index contributed by atoms with van der Waals surface area (Å²) in [6.07, 6.45) is 2.22. The monoisotopic (exact) mass is 252 g/mol. The molecular formula is C14H28N4. The van der Waals surface area contributed by atoms with Crippen LogP contribution in [0.15, 0.2) is 6.07 Å². The molecule has 0 bridgehead atoms. The number of hydrogen-bond acceptors (Lipinski definition) is 3. The first kappa shape index (κ1) is 15.2. The van der Waals surface area contributed by atoms with Crippen molar-refractivity contribution in [1.82, 2.24) is 14.7 Å². The van der Waals surface area contributed by atoms with Gasteiger partial charge in [0.15, 0.2) is 0 Å². The van der Waals surface area contributed by atoms with E-state index in [2.05, 4.69) is 36.8 Å². The van der Waals surface area contributed by atoms with Gasteiger partial charge in [-0.3, -0.25) is 9.58 Å². The Morgan fingerprint density at radius 1 is 1.44 bits per heavy atom. The molecule has 4 heteroatoms. The van der Waals surface area contributed by atoms with Gasteiger partial charge in [0.25, 0.3) is 0 Å². The van der Waals surface area contributed by atoms with Crippen LogP contribution in [0.25, 0.3) is 0 Å². The highest BCUT2D eigenvalue weighted by Crippen LogP contribution is 2.21. The first-order valence-electron chi connectivity index (χ1n) is 6.91. The normalized spacial score (nSPS) is 15.1. The van der Waals surface area contributed by atoms with Crippen LogP contribution in [0.4, 0.5) is 0 Å². The Labute approximate surface area is 111 Å². The molecule has 0 fully saturated rings. The molecule has 1 atom stereocenters. The molecule has 0 amide bonds. The Kier molecular flexibility index (Phi) is 5.35. The van der Waals surface area contributed by atoms with Gasteiger partial charge < -0.3 is 5.73 Å². The first-order valence-corrected chi connectivity index (χ1v) is 6.91. The average Bonchev–Trinajstić information content (AvgIpc) is 2.66. The maximum absolute atomic E-state index is 5.98. The van der Waals surface area contributed by atoms with E-state index in [-0.39, 0.29) is 5.54 Å². The molecule has 18 heavy (non-hydrogen) atoms. The van der Waals surface area contributed by atoms with Crippen molar-refractivity contribution in [2.45, 2.75) is 52.6 Å². The van der Waals surface area contributed by atoms with Crippen molar-refractivity contribution >= 4 is 0 Å². The number of hydrogen-bond donors (Lipinski definition) is 1. The second-order valence-electron chi connectivity index (χ2n) is 5.38. The van der Waals surface area contributed by atoms with Crippen molar-refractivity contribution in [2.24, 2.45) is 12.8 Å². The van der Waals surface area contributed by atoms with Crippen molar-refractivity contribution in [2.75, 3.05) is 13.1 Å². The van der Waals surface area contributed by atoms with Crippen molar-refractivity contribution < 1.29 is 0 Å². The van der Waals surface area contributed by atoms with E-state index >= 15 is 0 Å². The van der Waals surface area contributed by atoms with Crippen LogP contribution in [0.3, 0.4) is 0 Å². The topological polar surface area (TPSA) is 47.1 Å². The third-order valence-corrected chi connectivity index (χ3v) is 3.91. The van der Waals surface area contributed by atoms with Gasteiger partial charge >= 0.3 is 0 Å². The van der Waals surface area contributed by atoms with E-state index < -0.39 is 0 Å². The zero-order valence-electron chi connectivity index (χ0n) is 12.5. The molecule has 0 aliphatic heterocycles. The first-order chi connectivity index (χ1) is 8.46. The lowest BCUT2D eigenvalue weighted by molar-refractivity contribution is 0.0944. The summed E-state index contributed by atoms with van der Waals surface area (Å²) in [6.45, 7) is 11.4. The highest BCUT2D eigenvalue weighted by molar-refractivity contribution is 5.09. The van der Waals surface area contributed by atoms with Gasteiger partial charge in [-0.25, -0.2) is 0 Å². The third kappa shape index (κ3) is 3.33. The van der Waals surface area contributed by atoms with E-state index in [1.807, 2.05) is 18.7 Å². The molecule has 0 radical (unpaired) electrons. The molecule has 104 valence electrons. The largest absolute Gasteiger partial charge is 0.329 e. The summed E-state index contributed by atoms with van der Waals surface area (Å²) in [4.78, 5) is 2.49. The molecule has 1 unspecified atom stereocenters. The van der Waals surface area contributed by atoms with Gasteiger partial charge in [-0.2, -0.15) is 5.10 Å². The smallest absolute Gasteiger partial charge is 0.0597 e. The van der Waals surface area contributed by atoms with E-state index in [0.29, 0.717) is 6.54 Å². The maximum Gasteiger partial charge on any atom is 0.0597 e. The maximum atomic E-state index is 5.98. The van der Waals surface area contributed by atoms with Crippen LogP contribution in [-0.2, 0) is 13.6 Å². The third-order valence-electron chi connectivity index (χ3n) is 3.91. The Bertz CT molecular complexity index is 366. The molecule has 0 saturated heterocycles. The summed E-state index contributed by atoms with van der Waals surface area (Å²) in [7, 11) is 2.01. The van der Waals surface area contributed by atoms with Crippen LogP contribution in [0.1, 0.15) is 45.0 Å². The standard InChI is InChI=1S/C14H28N4/c1-6-8-18(14(4,7-2)11-15)10-13-9-12(3)16-17(13)5/h9H,6-8,10-11,15H2,1-5H3. The van der Waals surface area contributed by atoms with Gasteiger partial charge in [0.1, 0.15) is 0 Å². The molecule has 1 heterocycles. The van der Waals surface area contributed by atoms with Gasteiger partial charge in [0, 0.05) is 25.7 Å². The van der Waals surface area contributed by atoms with Crippen molar-refractivity contribution in [3.63, 3.8) is 0 Å². The van der Waals surface area contributed by atoms with Crippen LogP contribution in [0.5, 0.6) is 0 Å². The summed E-state index contributed by atoms with van der Waals surface area (Å²) in [5.41, 5.74) is 8.40. The molecule has 4 nitrogen and oxygen atoms in total. The lowest BCUT2D eigenvalue weighted by Crippen LogP contribution is -2.51. The van der Waals surface area contributed by atoms with Gasteiger partial charge in [0.2, 0.25) is 0 Å². The number of aryl methyl sites for hydroxylation is 2. The summed E-state index contributed by atoms with van der Waals surface area (Å²) in [5.74, 6) is 0. The van der Waals surface area contributed by atoms with Gasteiger partial charge in [-0.05, 0) is 39.3 Å². The van der Waals surface area contributed by atoms with E-state index in [4.69, 9.17) is 5.73 Å². The Morgan fingerprint density at radius 2 is 2.11 bits per heavy atom. The van der Waals surface area contributed by atoms with Crippen molar-refractivity contribution in [3.8, 4) is 0 Å². The molecule has 2 N–H and O–H groups in total. The van der Waals surface area contributed by atoms with Crippen LogP contribution < -0.4 is 5.73 Å². The van der Waals surface area contributed by atoms with Gasteiger partial charge in [-0.1, -0.05) is 13.8 Å². The zero-order chi connectivity index (χ0) is 13.8. The molecule has 0 aromatic carbocycles. The predicted octanol–water partition coefficient (Wildman–Crippen LogP) is 2.07. The quantitative estimate of drug-likeness (QED) is 0.808. The van der Waals surface area contributed by atoms with Gasteiger partial charge in [0.05, 0.1) is 11.4 Å². The number of rotatable bonds is 7. The van der Waals surface area contributed by atoms with Crippen LogP contribution in [0.2, 0.25) is 0 Å². The highest BCUT2D eigenvalue weighted by atomic mass is 15.3. The number of nitrogens with zero attached hydrogens (tertiary/aromatic N) is 3. The van der Waals surface area contributed by atoms with E-state index in [1.165, 1.54) is 5.69 Å². The highest BCUT2D eigenvalue weighted by Gasteiger charge is 2.28. The van der Waals surface area contributed by atoms with E-state index in [1.54, 1.807) is 0 Å². The minimum atomic E-state index is 0.0776. The molecule has 0 spiro atoms. The van der Waals surface area contributed by atoms with Crippen molar-refractivity contribution in [1.29, 1.82) is 0 Å². The van der Waals surface area contributed by atoms with E-state index in [9.17, 15) is 0 Å². The van der Waals surface area contributed by atoms with E-state index in [0.717, 1.165) is 31.6 Å². The second-order valence-corrected chi connectivity index (χ2v) is 5.38. The Morgan fingerprint density at radius 3 is 2.50 bits per heavy atom. The minimum absolute atomic E-state index is 0.0776. The minimum Gasteiger partial charge on any atom is -0.329 e. The average molecular weight is 252 g/mol. The van der Waals surface area contributed by atoms with Crippen LogP contribution in [-0.4, -0.2) is 33.3 Å². The predicted molar refractivity (Wildman–Crippen MR) is 76.4 cm³/mol. The molecule has 1 rings (SSSR count). The summed E-state index contributed by atoms with van der Waals surface area (Å²) in [5, 5.41) is 4.42. The molecule has 0 saturated carbocycles. The van der Waals surface area contributed by atoms with Crippen LogP contribution in [0, 0.1) is 6.92 Å². The fourth-order valence-electron chi connectivity index (χ4n) is 2.31. The lowest BCUT2D eigenvalue weighted by Gasteiger charge is -2.40. The fourth-order valence-corrected chi connectivity index (χ4v) is 2.31. The molecule has 0 aliphatic rings. The molecule has 0 aliphatic carbocycles. The SMILES string of the molecule is CCCN(Cc1cc(C)nn1C)C(C)(CC)CN. The summed E-state index contributed by atoms with van der Waals surface area (Å²) in [6, 6.07) is 2.16. The van der Waals surface area contributed by atoms with Crippen LogP contribution >= 0.6 is 0 Å². The second kappa shape index (κ2) is 6.34. The van der Waals surface area contributed by atoms with Gasteiger partial charge in [-0.15, -0.1) is 0 Å². The summed E-state index contributed by atoms with van der Waals surface area (Å²) >= 11 is 0. The lowest BCUT2D eigenvalue weighted by atomic mass is 9.96. The Hall–Kier alpha value is -0.870. The fraction of sp³-hybridized carbons (Fsp3) is 0.786. The van der Waals surface area contributed by atoms with Crippen molar-refractivity contribution in [3.05, 3.63) is 17.5 Å². The summed E-state index contributed by atoms with van der Waals surface area (Å²) < 4.78 is 1.98. The zero-order valence-corrected chi connectivity index (χ0v) is 12.5. The number of aromatic nitrogens is 2. The number of nitrogens with two attached hydrogens (primary N) is 1.